The highest BCUT2D eigenvalue weighted by Crippen LogP contribution is 2.92. The molecule has 5 rings (SSSR count). The normalized spacial score (nSPS) is 67.7. The first-order valence-electron chi connectivity index (χ1n) is 6.70. The summed E-state index contributed by atoms with van der Waals surface area (Å²) in [6, 6.07) is 0. The van der Waals surface area contributed by atoms with E-state index in [1.807, 2.05) is 0 Å². The molecule has 1 heteroatoms. The van der Waals surface area contributed by atoms with Gasteiger partial charge in [0.25, 0.3) is 0 Å². The van der Waals surface area contributed by atoms with Gasteiger partial charge in [0, 0.05) is 23.4 Å². The SMILES string of the molecule is C1=C[C@@]23CCCC[C@@]24C[C@H]2CCO[C@]34[C@@H]12. The average Bonchev–Trinajstić information content (AvgIpc) is 2.56. The summed E-state index contributed by atoms with van der Waals surface area (Å²) < 4.78 is 6.38. The molecule has 0 radical (unpaired) electrons. The summed E-state index contributed by atoms with van der Waals surface area (Å²) in [5.41, 5.74) is 1.48. The van der Waals surface area contributed by atoms with Gasteiger partial charge in [-0.25, -0.2) is 0 Å². The fourth-order valence-corrected chi connectivity index (χ4v) is 6.36. The quantitative estimate of drug-likeness (QED) is 0.549. The minimum atomic E-state index is 0.333. The van der Waals surface area contributed by atoms with Gasteiger partial charge < -0.3 is 4.74 Å². The number of rotatable bonds is 0. The Balaban J connectivity index is 1.78. The van der Waals surface area contributed by atoms with Crippen molar-refractivity contribution in [3.05, 3.63) is 12.2 Å². The van der Waals surface area contributed by atoms with Crippen LogP contribution >= 0.6 is 0 Å². The Morgan fingerprint density at radius 1 is 1.20 bits per heavy atom. The van der Waals surface area contributed by atoms with Gasteiger partial charge in [-0.3, -0.25) is 0 Å². The van der Waals surface area contributed by atoms with Gasteiger partial charge in [0.15, 0.2) is 0 Å². The third kappa shape index (κ3) is 0.493. The molecule has 0 aromatic rings. The van der Waals surface area contributed by atoms with Gasteiger partial charge in [0.1, 0.15) is 0 Å². The standard InChI is InChI=1S/C14H18O/c1-2-6-13-9-10-4-8-15-14(13)11(10)3-7-12(13,14)5-1/h3,7,10-11H,1-2,4-6,8-9H2/t10-,11+,12+,13-,14-/m1/s1. The second kappa shape index (κ2) is 1.95. The van der Waals surface area contributed by atoms with Crippen LogP contribution in [-0.2, 0) is 4.74 Å². The molecular weight excluding hydrogens is 184 g/mol. The molecule has 0 aromatic heterocycles. The number of hydrogen-bond acceptors (Lipinski definition) is 1. The van der Waals surface area contributed by atoms with E-state index in [2.05, 4.69) is 12.2 Å². The fourth-order valence-electron chi connectivity index (χ4n) is 6.36. The molecule has 0 unspecified atom stereocenters. The van der Waals surface area contributed by atoms with Gasteiger partial charge >= 0.3 is 0 Å². The van der Waals surface area contributed by atoms with E-state index in [4.69, 9.17) is 4.74 Å². The molecule has 0 aromatic carbocycles. The van der Waals surface area contributed by atoms with E-state index in [9.17, 15) is 0 Å². The molecular formula is C14H18O. The summed E-state index contributed by atoms with van der Waals surface area (Å²) >= 11 is 0. The van der Waals surface area contributed by atoms with Crippen LogP contribution in [0.25, 0.3) is 0 Å². The average molecular weight is 202 g/mol. The van der Waals surface area contributed by atoms with Gasteiger partial charge in [0.05, 0.1) is 5.60 Å². The van der Waals surface area contributed by atoms with Crippen LogP contribution in [-0.4, -0.2) is 12.2 Å². The zero-order chi connectivity index (χ0) is 9.73. The zero-order valence-corrected chi connectivity index (χ0v) is 9.17. The molecule has 1 nitrogen and oxygen atoms in total. The van der Waals surface area contributed by atoms with Gasteiger partial charge in [-0.2, -0.15) is 0 Å². The highest BCUT2D eigenvalue weighted by atomic mass is 16.5. The Hall–Kier alpha value is -0.300. The van der Waals surface area contributed by atoms with Crippen LogP contribution < -0.4 is 0 Å². The summed E-state index contributed by atoms with van der Waals surface area (Å²) in [6.07, 6.45) is 13.7. The molecule has 3 spiro atoms. The molecule has 5 aliphatic rings. The van der Waals surface area contributed by atoms with Gasteiger partial charge in [-0.15, -0.1) is 0 Å². The van der Waals surface area contributed by atoms with Crippen LogP contribution in [0.2, 0.25) is 0 Å². The van der Waals surface area contributed by atoms with E-state index in [0.717, 1.165) is 18.4 Å². The first-order chi connectivity index (χ1) is 7.36. The first-order valence-corrected chi connectivity index (χ1v) is 6.70. The van der Waals surface area contributed by atoms with Crippen molar-refractivity contribution in [2.45, 2.75) is 44.1 Å². The molecule has 4 aliphatic carbocycles. The summed E-state index contributed by atoms with van der Waals surface area (Å²) in [7, 11) is 0. The minimum absolute atomic E-state index is 0.333. The van der Waals surface area contributed by atoms with Crippen molar-refractivity contribution in [1.82, 2.24) is 0 Å². The topological polar surface area (TPSA) is 9.23 Å². The highest BCUT2D eigenvalue weighted by molar-refractivity contribution is 5.51. The van der Waals surface area contributed by atoms with Crippen molar-refractivity contribution in [2.24, 2.45) is 22.7 Å². The van der Waals surface area contributed by atoms with E-state index in [1.54, 1.807) is 0 Å². The lowest BCUT2D eigenvalue weighted by Crippen LogP contribution is -2.35. The van der Waals surface area contributed by atoms with Crippen LogP contribution in [0.15, 0.2) is 12.2 Å². The van der Waals surface area contributed by atoms with Gasteiger partial charge in [-0.1, -0.05) is 25.0 Å². The minimum Gasteiger partial charge on any atom is -0.373 e. The lowest BCUT2D eigenvalue weighted by atomic mass is 9.75. The summed E-state index contributed by atoms with van der Waals surface area (Å²) in [5.74, 6) is 1.79. The van der Waals surface area contributed by atoms with Gasteiger partial charge in [-0.05, 0) is 31.6 Å². The lowest BCUT2D eigenvalue weighted by molar-refractivity contribution is -0.0588. The Morgan fingerprint density at radius 3 is 3.13 bits per heavy atom. The maximum absolute atomic E-state index is 6.38. The third-order valence-electron chi connectivity index (χ3n) is 6.58. The Morgan fingerprint density at radius 2 is 2.13 bits per heavy atom. The molecule has 1 heterocycles. The van der Waals surface area contributed by atoms with E-state index in [-0.39, 0.29) is 0 Å². The summed E-state index contributed by atoms with van der Waals surface area (Å²) in [6.45, 7) is 1.05. The summed E-state index contributed by atoms with van der Waals surface area (Å²) in [5, 5.41) is 0. The molecule has 2 bridgehead atoms. The van der Waals surface area contributed by atoms with Crippen molar-refractivity contribution in [1.29, 1.82) is 0 Å². The number of hydrogen-bond donors (Lipinski definition) is 0. The Kier molecular flexibility index (Phi) is 1.02. The number of ether oxygens (including phenoxy) is 1. The van der Waals surface area contributed by atoms with Crippen LogP contribution in [0.4, 0.5) is 0 Å². The van der Waals surface area contributed by atoms with Crippen molar-refractivity contribution >= 4 is 0 Å². The molecule has 15 heavy (non-hydrogen) atoms. The van der Waals surface area contributed by atoms with Crippen molar-refractivity contribution in [3.63, 3.8) is 0 Å². The molecule has 1 aliphatic heterocycles. The Labute approximate surface area is 90.9 Å². The van der Waals surface area contributed by atoms with E-state index >= 15 is 0 Å². The highest BCUT2D eigenvalue weighted by Gasteiger charge is 2.94. The predicted molar refractivity (Wildman–Crippen MR) is 57.4 cm³/mol. The second-order valence-electron chi connectivity index (χ2n) is 6.48. The van der Waals surface area contributed by atoms with E-state index in [1.165, 1.54) is 38.5 Å². The van der Waals surface area contributed by atoms with Crippen LogP contribution in [0.1, 0.15) is 38.5 Å². The molecule has 4 fully saturated rings. The van der Waals surface area contributed by atoms with Crippen LogP contribution in [0, 0.1) is 22.7 Å². The monoisotopic (exact) mass is 202 g/mol. The van der Waals surface area contributed by atoms with Crippen molar-refractivity contribution < 1.29 is 4.74 Å². The van der Waals surface area contributed by atoms with E-state index < -0.39 is 0 Å². The predicted octanol–water partition coefficient (Wildman–Crippen LogP) is 2.91. The van der Waals surface area contributed by atoms with Crippen molar-refractivity contribution in [2.75, 3.05) is 6.61 Å². The molecule has 1 saturated heterocycles. The molecule has 80 valence electrons. The van der Waals surface area contributed by atoms with Crippen LogP contribution in [0.3, 0.4) is 0 Å². The molecule has 0 amide bonds. The lowest BCUT2D eigenvalue weighted by Gasteiger charge is -2.34. The maximum atomic E-state index is 6.38. The van der Waals surface area contributed by atoms with Gasteiger partial charge in [0.2, 0.25) is 0 Å². The first kappa shape index (κ1) is 7.89. The fraction of sp³-hybridized carbons (Fsp3) is 0.857. The van der Waals surface area contributed by atoms with Crippen LogP contribution in [0.5, 0.6) is 0 Å². The summed E-state index contributed by atoms with van der Waals surface area (Å²) in [4.78, 5) is 0. The maximum Gasteiger partial charge on any atom is 0.0909 e. The molecule has 0 N–H and O–H groups in total. The molecule has 3 saturated carbocycles. The van der Waals surface area contributed by atoms with E-state index in [0.29, 0.717) is 16.4 Å². The zero-order valence-electron chi connectivity index (χ0n) is 9.17. The smallest absolute Gasteiger partial charge is 0.0909 e. The Bertz CT molecular complexity index is 387. The molecule has 5 atom stereocenters. The second-order valence-corrected chi connectivity index (χ2v) is 6.48. The largest absolute Gasteiger partial charge is 0.373 e. The third-order valence-corrected chi connectivity index (χ3v) is 6.58. The van der Waals surface area contributed by atoms with Crippen molar-refractivity contribution in [3.8, 4) is 0 Å².